The predicted molar refractivity (Wildman–Crippen MR) is 334 cm³/mol. The Balaban J connectivity index is 1.19. The van der Waals surface area contributed by atoms with E-state index in [1.807, 2.05) is 87.4 Å². The molecule has 492 valence electrons. The summed E-state index contributed by atoms with van der Waals surface area (Å²) >= 11 is 0. The van der Waals surface area contributed by atoms with Crippen LogP contribution in [-0.4, -0.2) is 132 Å². The molecule has 2 aromatic rings. The first-order valence-electron chi connectivity index (χ1n) is 30.6. The Bertz CT molecular complexity index is 3540. The number of aryl methyl sites for hydroxylation is 2. The highest BCUT2D eigenvalue weighted by Gasteiger charge is 2.66. The molecular formula is C62H90N13O14P. The highest BCUT2D eigenvalue weighted by atomic mass is 31.2. The normalized spacial score (nSPS) is 33.4. The Morgan fingerprint density at radius 2 is 1.40 bits per heavy atom. The van der Waals surface area contributed by atoms with Gasteiger partial charge in [-0.1, -0.05) is 34.6 Å². The second kappa shape index (κ2) is 25.6. The van der Waals surface area contributed by atoms with E-state index in [1.54, 1.807) is 4.57 Å². The first kappa shape index (κ1) is 68.9. The minimum atomic E-state index is -5.07. The fourth-order valence-corrected chi connectivity index (χ4v) is 16.6. The van der Waals surface area contributed by atoms with Crippen molar-refractivity contribution in [3.8, 4) is 0 Å². The summed E-state index contributed by atoms with van der Waals surface area (Å²) in [5.41, 5.74) is 37.4. The number of phosphoric ester groups is 1. The van der Waals surface area contributed by atoms with Gasteiger partial charge in [-0.3, -0.25) is 57.6 Å². The number of aromatic nitrogens is 2. The van der Waals surface area contributed by atoms with Gasteiger partial charge in [0.25, 0.3) is 0 Å². The lowest BCUT2D eigenvalue weighted by Crippen LogP contribution is -2.56. The fraction of sp³-hybridized carbons (Fsp3) is 0.629. The number of aliphatic hydroxyl groups excluding tert-OH is 2. The first-order chi connectivity index (χ1) is 41.8. The number of aliphatic hydroxyl groups is 2. The van der Waals surface area contributed by atoms with Crippen LogP contribution in [0.2, 0.25) is 0 Å². The minimum absolute atomic E-state index is 0.0114. The molecule has 17 N–H and O–H groups in total. The van der Waals surface area contributed by atoms with Crippen LogP contribution in [0.25, 0.3) is 11.0 Å². The van der Waals surface area contributed by atoms with Crippen molar-refractivity contribution in [2.24, 2.45) is 94.7 Å². The average Bonchev–Trinajstić information content (AvgIpc) is 1.53. The Hall–Kier alpha value is -7.00. The maximum atomic E-state index is 14.4. The van der Waals surface area contributed by atoms with Crippen LogP contribution >= 0.6 is 7.82 Å². The lowest BCUT2D eigenvalue weighted by Gasteiger charge is -2.48. The van der Waals surface area contributed by atoms with E-state index in [1.165, 1.54) is 13.3 Å². The zero-order valence-corrected chi connectivity index (χ0v) is 54.1. The first-order valence-corrected chi connectivity index (χ1v) is 32.1. The van der Waals surface area contributed by atoms with Crippen molar-refractivity contribution in [2.45, 2.75) is 189 Å². The van der Waals surface area contributed by atoms with Crippen LogP contribution in [0.5, 0.6) is 0 Å². The summed E-state index contributed by atoms with van der Waals surface area (Å²) in [5, 5.41) is 28.2. The molecule has 1 aromatic heterocycles. The molecule has 27 nitrogen and oxygen atoms in total. The summed E-state index contributed by atoms with van der Waals surface area (Å²) in [6.45, 7) is 19.3. The molecule has 6 aliphatic rings. The number of amides is 7. The minimum Gasteiger partial charge on any atom is -0.394 e. The SMILES string of the molecule is CC1=C2N/C(=C\C3=NC(=C(/C)C4=NC([C@H](CC(N)=O)[C@@]4(C)CCC(=O)NCC(C)OP(=O)(O)O[C@@H]4[C@H](O)[C@H](n5cnc6cc(C)c(C)cc65)O[C@H]4CO)[C@]4(C)N=C1[C@@H](CCC(N)=O)[C@]4(C)CC(N)=O)/C(CCC(N)=O)C3(C)C)[C@@H](CCC(N)=O)[C@]2(C)CC(N)=O. The fourth-order valence-electron chi connectivity index (χ4n) is 15.4. The monoisotopic (exact) mass is 1270 g/mol. The van der Waals surface area contributed by atoms with Crippen molar-refractivity contribution >= 4 is 77.3 Å². The lowest BCUT2D eigenvalue weighted by molar-refractivity contribution is -0.124. The molecule has 2 saturated heterocycles. The Kier molecular flexibility index (Phi) is 19.6. The van der Waals surface area contributed by atoms with Gasteiger partial charge < -0.3 is 69.4 Å². The van der Waals surface area contributed by atoms with Crippen LogP contribution in [0.1, 0.15) is 150 Å². The zero-order valence-electron chi connectivity index (χ0n) is 53.3. The zero-order chi connectivity index (χ0) is 66.7. The van der Waals surface area contributed by atoms with Crippen LogP contribution < -0.4 is 45.0 Å². The van der Waals surface area contributed by atoms with E-state index in [-0.39, 0.29) is 77.2 Å². The number of imidazole rings is 1. The molecule has 2 fully saturated rings. The van der Waals surface area contributed by atoms with Crippen LogP contribution in [0.15, 0.2) is 67.8 Å². The number of carbonyl (C=O) groups excluding carboxylic acids is 7. The van der Waals surface area contributed by atoms with Gasteiger partial charge in [0.1, 0.15) is 18.3 Å². The molecule has 0 aliphatic carbocycles. The molecule has 0 saturated carbocycles. The molecule has 0 radical (unpaired) electrons. The van der Waals surface area contributed by atoms with Gasteiger partial charge in [-0.15, -0.1) is 0 Å². The van der Waals surface area contributed by atoms with Crippen LogP contribution in [0.4, 0.5) is 0 Å². The van der Waals surface area contributed by atoms with E-state index in [0.717, 1.165) is 11.1 Å². The third-order valence-corrected chi connectivity index (χ3v) is 21.7. The van der Waals surface area contributed by atoms with Gasteiger partial charge in [0, 0.05) is 131 Å². The number of nitrogens with zero attached hydrogens (tertiary/aromatic N) is 5. The maximum Gasteiger partial charge on any atom is 0.472 e. The standard InChI is InChI=1S/C62H90N13O14P/c1-29-20-39-40(21-30(29)2)75(28-70-39)57-52(84)53(41(27-76)87-57)89-90(85,86)88-31(3)26-69-49(83)18-19-59(8)37(22-46(66)80)56-62(11)61(10,25-48(68)82)36(14-17-45(65)79)51(74-62)33(5)55-60(9,24-47(67)81)34(12-15-43(63)77)38(71-55)23-42-58(6,7)35(13-16-44(64)78)50(72-42)32(4)54(59)73-56/h20-21,23,28,31,34-37,41,52-53,56-57,71,76,84H,12-19,22,24-27H2,1-11H3,(H2,63,77)(H2,64,78)(H2,65,79)(H2,66,80)(H2,67,81)(H2,68,82)(H,69,83)(H,85,86)/b38-23-,50-32-,55-33?/t31?,34-,35?,36-,37+,41+,52+,53+,56?,57-,59-,60+,61+,62+/m1/s1. The number of phosphoric acid groups is 1. The van der Waals surface area contributed by atoms with Crippen LogP contribution in [0.3, 0.4) is 0 Å². The van der Waals surface area contributed by atoms with Crippen molar-refractivity contribution in [1.29, 1.82) is 0 Å². The Labute approximate surface area is 523 Å². The quantitative estimate of drug-likeness (QED) is 0.0603. The van der Waals surface area contributed by atoms with Gasteiger partial charge in [-0.25, -0.2) is 9.55 Å². The number of primary amides is 6. The van der Waals surface area contributed by atoms with Crippen molar-refractivity contribution in [3.05, 3.63) is 63.9 Å². The highest BCUT2D eigenvalue weighted by molar-refractivity contribution is 7.47. The van der Waals surface area contributed by atoms with E-state index in [4.69, 9.17) is 63.2 Å². The smallest absolute Gasteiger partial charge is 0.394 e. The second-order valence-corrected chi connectivity index (χ2v) is 28.4. The van der Waals surface area contributed by atoms with E-state index in [0.29, 0.717) is 56.4 Å². The predicted octanol–water partition coefficient (Wildman–Crippen LogP) is 3.16. The third kappa shape index (κ3) is 13.0. The summed E-state index contributed by atoms with van der Waals surface area (Å²) in [6.07, 6.45) is -4.26. The second-order valence-electron chi connectivity index (χ2n) is 27.1. The molecule has 7 heterocycles. The van der Waals surface area contributed by atoms with Gasteiger partial charge in [0.2, 0.25) is 41.4 Å². The van der Waals surface area contributed by atoms with Gasteiger partial charge in [0.05, 0.1) is 41.7 Å². The van der Waals surface area contributed by atoms with Crippen LogP contribution in [0, 0.1) is 59.2 Å². The molecule has 28 heteroatoms. The summed E-state index contributed by atoms with van der Waals surface area (Å²) in [6, 6.07) is 2.70. The number of fused-ring (bicyclic) bond motifs is 7. The van der Waals surface area contributed by atoms with E-state index < -0.39 is 143 Å². The molecule has 7 amide bonds. The number of rotatable bonds is 26. The molecule has 0 spiro atoms. The summed E-state index contributed by atoms with van der Waals surface area (Å²) in [4.78, 5) is 126. The molecule has 1 aromatic carbocycles. The summed E-state index contributed by atoms with van der Waals surface area (Å²) in [5.74, 6) is -7.18. The molecule has 6 aliphatic heterocycles. The number of aliphatic imine (C=N–C) groups is 3. The van der Waals surface area contributed by atoms with Crippen molar-refractivity contribution in [1.82, 2.24) is 20.2 Å². The van der Waals surface area contributed by atoms with Crippen molar-refractivity contribution in [2.75, 3.05) is 13.2 Å². The number of allylic oxidation sites excluding steroid dienone is 6. The maximum absolute atomic E-state index is 14.4. The number of ether oxygens (including phenoxy) is 1. The molecule has 8 rings (SSSR count). The average molecular weight is 1270 g/mol. The van der Waals surface area contributed by atoms with Gasteiger partial charge >= 0.3 is 7.82 Å². The van der Waals surface area contributed by atoms with E-state index in [9.17, 15) is 53.2 Å². The third-order valence-electron chi connectivity index (χ3n) is 20.6. The molecule has 90 heavy (non-hydrogen) atoms. The van der Waals surface area contributed by atoms with Crippen LogP contribution in [-0.2, 0) is 51.9 Å². The van der Waals surface area contributed by atoms with E-state index in [2.05, 4.69) is 15.6 Å². The topological polar surface area (TPSA) is 460 Å². The number of benzene rings is 1. The Morgan fingerprint density at radius 3 is 1.99 bits per heavy atom. The number of hydrogen-bond donors (Lipinski definition) is 11. The largest absolute Gasteiger partial charge is 0.472 e. The molecule has 15 atom stereocenters. The molecular weight excluding hydrogens is 1180 g/mol. The van der Waals surface area contributed by atoms with Gasteiger partial charge in [-0.05, 0) is 108 Å². The summed E-state index contributed by atoms with van der Waals surface area (Å²) < 4.78 is 32.3. The Morgan fingerprint density at radius 1 is 0.800 bits per heavy atom. The molecule has 8 bridgehead atoms. The number of nitrogens with one attached hydrogen (secondary N) is 2. The molecule has 4 unspecified atom stereocenters. The van der Waals surface area contributed by atoms with Crippen molar-refractivity contribution in [3.63, 3.8) is 0 Å². The van der Waals surface area contributed by atoms with Crippen molar-refractivity contribution < 1.29 is 67.0 Å². The lowest BCUT2D eigenvalue weighted by atomic mass is 9.55. The van der Waals surface area contributed by atoms with Gasteiger partial charge in [0.15, 0.2) is 6.23 Å². The number of nitrogens with two attached hydrogens (primary N) is 6. The van der Waals surface area contributed by atoms with Gasteiger partial charge in [-0.2, -0.15) is 0 Å². The highest BCUT2D eigenvalue weighted by Crippen LogP contribution is 2.63. The van der Waals surface area contributed by atoms with E-state index >= 15 is 0 Å². The summed E-state index contributed by atoms with van der Waals surface area (Å²) in [7, 11) is -5.07. The number of carbonyl (C=O) groups is 7. The number of hydrogen-bond acceptors (Lipinski definition) is 18.